The van der Waals surface area contributed by atoms with Crippen molar-refractivity contribution in [3.63, 3.8) is 0 Å². The first-order valence-corrected chi connectivity index (χ1v) is 4.00. The van der Waals surface area contributed by atoms with Crippen LogP contribution in [-0.2, 0) is 0 Å². The van der Waals surface area contributed by atoms with Crippen molar-refractivity contribution in [2.75, 3.05) is 6.61 Å². The number of hydrogen-bond donors (Lipinski definition) is 3. The highest BCUT2D eigenvalue weighted by Crippen LogP contribution is 2.27. The van der Waals surface area contributed by atoms with Gasteiger partial charge in [0, 0.05) is 6.42 Å². The molecule has 1 aliphatic carbocycles. The Kier molecular flexibility index (Phi) is 3.03. The van der Waals surface area contributed by atoms with Crippen LogP contribution in [0.5, 0.6) is 0 Å². The van der Waals surface area contributed by atoms with Crippen LogP contribution in [0.15, 0.2) is 23.8 Å². The van der Waals surface area contributed by atoms with Gasteiger partial charge in [0.05, 0.1) is 18.8 Å². The fraction of sp³-hybridized carbons (Fsp3) is 0.556. The third-order valence-corrected chi connectivity index (χ3v) is 2.10. The second kappa shape index (κ2) is 3.85. The molecule has 3 heteroatoms. The van der Waals surface area contributed by atoms with Crippen LogP contribution in [0.2, 0.25) is 0 Å². The van der Waals surface area contributed by atoms with Gasteiger partial charge in [0.1, 0.15) is 0 Å². The minimum absolute atomic E-state index is 0.0756. The number of aliphatic hydroxyl groups excluding tert-OH is 3. The minimum Gasteiger partial charge on any atom is -0.393 e. The SMILES string of the molecule is C=C1/C(=C\CO)C[C@@H](O)CC1O. The summed E-state index contributed by atoms with van der Waals surface area (Å²) in [4.78, 5) is 0. The average molecular weight is 170 g/mol. The largest absolute Gasteiger partial charge is 0.393 e. The van der Waals surface area contributed by atoms with Crippen LogP contribution in [0.4, 0.5) is 0 Å². The molecule has 0 aromatic heterocycles. The van der Waals surface area contributed by atoms with E-state index in [2.05, 4.69) is 6.58 Å². The summed E-state index contributed by atoms with van der Waals surface area (Å²) in [7, 11) is 0. The number of hydrogen-bond acceptors (Lipinski definition) is 3. The maximum Gasteiger partial charge on any atom is 0.0811 e. The molecule has 0 aliphatic heterocycles. The van der Waals surface area contributed by atoms with Gasteiger partial charge in [-0.2, -0.15) is 0 Å². The van der Waals surface area contributed by atoms with E-state index in [1.54, 1.807) is 6.08 Å². The lowest BCUT2D eigenvalue weighted by Crippen LogP contribution is -2.27. The highest BCUT2D eigenvalue weighted by Gasteiger charge is 2.24. The van der Waals surface area contributed by atoms with Crippen molar-refractivity contribution < 1.29 is 15.3 Å². The molecule has 1 unspecified atom stereocenters. The summed E-state index contributed by atoms with van der Waals surface area (Å²) in [6.07, 6.45) is 1.24. The first-order chi connectivity index (χ1) is 5.65. The van der Waals surface area contributed by atoms with E-state index in [0.717, 1.165) is 5.57 Å². The van der Waals surface area contributed by atoms with Crippen LogP contribution < -0.4 is 0 Å². The van der Waals surface area contributed by atoms with Gasteiger partial charge in [-0.3, -0.25) is 0 Å². The normalized spacial score (nSPS) is 34.2. The van der Waals surface area contributed by atoms with E-state index >= 15 is 0 Å². The van der Waals surface area contributed by atoms with Gasteiger partial charge in [0.15, 0.2) is 0 Å². The lowest BCUT2D eigenvalue weighted by molar-refractivity contribution is 0.0859. The molecule has 0 heterocycles. The van der Waals surface area contributed by atoms with Gasteiger partial charge in [0.2, 0.25) is 0 Å². The number of aliphatic hydroxyl groups is 3. The third-order valence-electron chi connectivity index (χ3n) is 2.10. The molecule has 3 nitrogen and oxygen atoms in total. The molecule has 0 radical (unpaired) electrons. The standard InChI is InChI=1S/C9H14O3/c1-6-7(2-3-10)4-8(11)5-9(6)12/h2,8-12H,1,3-5H2/b7-2-/t8-,9?/m1/s1. The van der Waals surface area contributed by atoms with Crippen LogP contribution >= 0.6 is 0 Å². The Morgan fingerprint density at radius 1 is 1.50 bits per heavy atom. The first kappa shape index (κ1) is 9.45. The van der Waals surface area contributed by atoms with E-state index in [9.17, 15) is 10.2 Å². The molecule has 1 fully saturated rings. The second-order valence-electron chi connectivity index (χ2n) is 3.05. The van der Waals surface area contributed by atoms with Gasteiger partial charge in [-0.05, 0) is 17.6 Å². The molecule has 12 heavy (non-hydrogen) atoms. The molecule has 0 amide bonds. The Hall–Kier alpha value is -0.640. The summed E-state index contributed by atoms with van der Waals surface area (Å²) in [6, 6.07) is 0. The molecule has 2 atom stereocenters. The smallest absolute Gasteiger partial charge is 0.0811 e. The molecule has 0 spiro atoms. The molecule has 1 aliphatic rings. The van der Waals surface area contributed by atoms with Gasteiger partial charge in [-0.1, -0.05) is 12.7 Å². The van der Waals surface area contributed by atoms with Crippen molar-refractivity contribution >= 4 is 0 Å². The summed E-state index contributed by atoms with van der Waals surface area (Å²) in [5, 5.41) is 27.3. The quantitative estimate of drug-likeness (QED) is 0.518. The van der Waals surface area contributed by atoms with Crippen LogP contribution in [-0.4, -0.2) is 34.1 Å². The molecule has 0 aromatic carbocycles. The predicted octanol–water partition coefficient (Wildman–Crippen LogP) is -0.0231. The highest BCUT2D eigenvalue weighted by atomic mass is 16.3. The lowest BCUT2D eigenvalue weighted by Gasteiger charge is -2.26. The summed E-state index contributed by atoms with van der Waals surface area (Å²) < 4.78 is 0. The molecule has 1 saturated carbocycles. The molecular weight excluding hydrogens is 156 g/mol. The zero-order valence-corrected chi connectivity index (χ0v) is 6.90. The van der Waals surface area contributed by atoms with E-state index in [4.69, 9.17) is 5.11 Å². The third kappa shape index (κ3) is 1.94. The molecule has 0 aromatic rings. The summed E-state index contributed by atoms with van der Waals surface area (Å²) in [6.45, 7) is 3.61. The van der Waals surface area contributed by atoms with Gasteiger partial charge < -0.3 is 15.3 Å². The van der Waals surface area contributed by atoms with Crippen LogP contribution in [0.3, 0.4) is 0 Å². The Bertz CT molecular complexity index is 208. The second-order valence-corrected chi connectivity index (χ2v) is 3.05. The van der Waals surface area contributed by atoms with E-state index in [1.165, 1.54) is 0 Å². The van der Waals surface area contributed by atoms with Crippen molar-refractivity contribution in [2.24, 2.45) is 0 Å². The van der Waals surface area contributed by atoms with E-state index in [0.29, 0.717) is 18.4 Å². The predicted molar refractivity (Wildman–Crippen MR) is 45.6 cm³/mol. The van der Waals surface area contributed by atoms with Crippen molar-refractivity contribution in [2.45, 2.75) is 25.0 Å². The lowest BCUT2D eigenvalue weighted by atomic mass is 9.86. The molecule has 68 valence electrons. The number of rotatable bonds is 1. The van der Waals surface area contributed by atoms with Gasteiger partial charge in [-0.15, -0.1) is 0 Å². The van der Waals surface area contributed by atoms with Crippen molar-refractivity contribution in [1.82, 2.24) is 0 Å². The fourth-order valence-corrected chi connectivity index (χ4v) is 1.41. The Morgan fingerprint density at radius 2 is 2.17 bits per heavy atom. The molecule has 0 bridgehead atoms. The maximum absolute atomic E-state index is 9.36. The van der Waals surface area contributed by atoms with E-state index in [1.807, 2.05) is 0 Å². The van der Waals surface area contributed by atoms with Crippen molar-refractivity contribution in [3.8, 4) is 0 Å². The zero-order chi connectivity index (χ0) is 9.14. The fourth-order valence-electron chi connectivity index (χ4n) is 1.41. The van der Waals surface area contributed by atoms with Crippen molar-refractivity contribution in [3.05, 3.63) is 23.8 Å². The zero-order valence-electron chi connectivity index (χ0n) is 6.90. The van der Waals surface area contributed by atoms with Gasteiger partial charge in [-0.25, -0.2) is 0 Å². The van der Waals surface area contributed by atoms with E-state index < -0.39 is 12.2 Å². The van der Waals surface area contributed by atoms with Crippen molar-refractivity contribution in [1.29, 1.82) is 0 Å². The molecular formula is C9H14O3. The molecule has 0 saturated heterocycles. The molecule has 3 N–H and O–H groups in total. The van der Waals surface area contributed by atoms with Gasteiger partial charge in [0.25, 0.3) is 0 Å². The monoisotopic (exact) mass is 170 g/mol. The molecule has 1 rings (SSSR count). The first-order valence-electron chi connectivity index (χ1n) is 4.00. The van der Waals surface area contributed by atoms with E-state index in [-0.39, 0.29) is 6.61 Å². The van der Waals surface area contributed by atoms with Crippen LogP contribution in [0.25, 0.3) is 0 Å². The van der Waals surface area contributed by atoms with Crippen LogP contribution in [0, 0.1) is 0 Å². The summed E-state index contributed by atoms with van der Waals surface area (Å²) >= 11 is 0. The van der Waals surface area contributed by atoms with Gasteiger partial charge >= 0.3 is 0 Å². The highest BCUT2D eigenvalue weighted by molar-refractivity contribution is 5.34. The maximum atomic E-state index is 9.36. The topological polar surface area (TPSA) is 60.7 Å². The summed E-state index contributed by atoms with van der Waals surface area (Å²) in [5.74, 6) is 0. The summed E-state index contributed by atoms with van der Waals surface area (Å²) in [5.41, 5.74) is 1.39. The Balaban J connectivity index is 2.73. The van der Waals surface area contributed by atoms with Crippen LogP contribution in [0.1, 0.15) is 12.8 Å². The minimum atomic E-state index is -0.661. The Morgan fingerprint density at radius 3 is 2.75 bits per heavy atom. The average Bonchev–Trinajstić information content (AvgIpc) is 2.00. The Labute approximate surface area is 71.7 Å².